The SMILES string of the molecule is COc1ccc(CO)cc1OCCCSC. The predicted octanol–water partition coefficient (Wildman–Crippen LogP) is 2.32. The lowest BCUT2D eigenvalue weighted by Crippen LogP contribution is -2.01. The first-order chi connectivity index (χ1) is 7.81. The maximum absolute atomic E-state index is 9.04. The molecule has 0 saturated heterocycles. The smallest absolute Gasteiger partial charge is 0.161 e. The van der Waals surface area contributed by atoms with Crippen LogP contribution in [0.2, 0.25) is 0 Å². The lowest BCUT2D eigenvalue weighted by Gasteiger charge is -2.11. The van der Waals surface area contributed by atoms with E-state index < -0.39 is 0 Å². The van der Waals surface area contributed by atoms with Crippen molar-refractivity contribution in [2.45, 2.75) is 13.0 Å². The molecule has 4 heteroatoms. The van der Waals surface area contributed by atoms with Gasteiger partial charge in [0.15, 0.2) is 11.5 Å². The Balaban J connectivity index is 2.60. The second kappa shape index (κ2) is 7.41. The molecule has 0 atom stereocenters. The minimum Gasteiger partial charge on any atom is -0.493 e. The molecule has 0 bridgehead atoms. The molecule has 0 radical (unpaired) electrons. The van der Waals surface area contributed by atoms with Gasteiger partial charge in [-0.3, -0.25) is 0 Å². The molecule has 0 heterocycles. The molecule has 0 aliphatic carbocycles. The standard InChI is InChI=1S/C12H18O3S/c1-14-11-5-4-10(9-13)8-12(11)15-6-3-7-16-2/h4-5,8,13H,3,6-7,9H2,1-2H3. The molecule has 1 rings (SSSR count). The minimum atomic E-state index is 0.0190. The summed E-state index contributed by atoms with van der Waals surface area (Å²) in [6.45, 7) is 0.692. The summed E-state index contributed by atoms with van der Waals surface area (Å²) in [5.41, 5.74) is 0.834. The summed E-state index contributed by atoms with van der Waals surface area (Å²) in [7, 11) is 1.61. The Morgan fingerprint density at radius 1 is 1.31 bits per heavy atom. The van der Waals surface area contributed by atoms with Gasteiger partial charge < -0.3 is 14.6 Å². The van der Waals surface area contributed by atoms with E-state index in [4.69, 9.17) is 14.6 Å². The van der Waals surface area contributed by atoms with Crippen LogP contribution in [0.25, 0.3) is 0 Å². The minimum absolute atomic E-state index is 0.0190. The number of rotatable bonds is 7. The van der Waals surface area contributed by atoms with Crippen molar-refractivity contribution < 1.29 is 14.6 Å². The number of benzene rings is 1. The molecular formula is C12H18O3S. The monoisotopic (exact) mass is 242 g/mol. The van der Waals surface area contributed by atoms with Gasteiger partial charge in [0.2, 0.25) is 0 Å². The number of aliphatic hydroxyl groups is 1. The van der Waals surface area contributed by atoms with Gasteiger partial charge in [-0.1, -0.05) is 6.07 Å². The van der Waals surface area contributed by atoms with Crippen molar-refractivity contribution in [2.24, 2.45) is 0 Å². The molecule has 1 aromatic rings. The van der Waals surface area contributed by atoms with Crippen molar-refractivity contribution in [3.63, 3.8) is 0 Å². The lowest BCUT2D eigenvalue weighted by atomic mass is 10.2. The fourth-order valence-corrected chi connectivity index (χ4v) is 1.72. The van der Waals surface area contributed by atoms with Crippen molar-refractivity contribution in [1.29, 1.82) is 0 Å². The second-order valence-corrected chi connectivity index (χ2v) is 4.32. The highest BCUT2D eigenvalue weighted by atomic mass is 32.2. The van der Waals surface area contributed by atoms with Crippen LogP contribution >= 0.6 is 11.8 Å². The van der Waals surface area contributed by atoms with Gasteiger partial charge >= 0.3 is 0 Å². The van der Waals surface area contributed by atoms with Gasteiger partial charge in [-0.15, -0.1) is 0 Å². The molecule has 0 saturated carbocycles. The van der Waals surface area contributed by atoms with Crippen LogP contribution in [0.1, 0.15) is 12.0 Å². The Hall–Kier alpha value is -0.870. The molecule has 0 amide bonds. The summed E-state index contributed by atoms with van der Waals surface area (Å²) >= 11 is 1.80. The van der Waals surface area contributed by atoms with E-state index in [1.54, 1.807) is 18.9 Å². The average Bonchev–Trinajstić information content (AvgIpc) is 2.34. The maximum Gasteiger partial charge on any atom is 0.161 e. The molecular weight excluding hydrogens is 224 g/mol. The van der Waals surface area contributed by atoms with Crippen molar-refractivity contribution in [2.75, 3.05) is 25.7 Å². The van der Waals surface area contributed by atoms with E-state index in [1.807, 2.05) is 18.2 Å². The molecule has 1 N–H and O–H groups in total. The number of ether oxygens (including phenoxy) is 2. The third-order valence-corrected chi connectivity index (χ3v) is 2.86. The molecule has 1 aromatic carbocycles. The first-order valence-corrected chi connectivity index (χ1v) is 6.60. The van der Waals surface area contributed by atoms with Crippen molar-refractivity contribution >= 4 is 11.8 Å². The van der Waals surface area contributed by atoms with Crippen LogP contribution in [-0.4, -0.2) is 30.8 Å². The Morgan fingerprint density at radius 3 is 2.75 bits per heavy atom. The van der Waals surface area contributed by atoms with Gasteiger partial charge in [-0.2, -0.15) is 11.8 Å². The number of hydrogen-bond donors (Lipinski definition) is 1. The van der Waals surface area contributed by atoms with Crippen LogP contribution in [0.5, 0.6) is 11.5 Å². The third-order valence-electron chi connectivity index (χ3n) is 2.16. The van der Waals surface area contributed by atoms with Crippen LogP contribution in [0.3, 0.4) is 0 Å². The zero-order valence-corrected chi connectivity index (χ0v) is 10.5. The summed E-state index contributed by atoms with van der Waals surface area (Å²) in [5, 5.41) is 9.04. The number of thioether (sulfide) groups is 1. The Bertz CT molecular complexity index is 315. The fraction of sp³-hybridized carbons (Fsp3) is 0.500. The van der Waals surface area contributed by atoms with Gasteiger partial charge in [0.25, 0.3) is 0 Å². The van der Waals surface area contributed by atoms with Crippen LogP contribution < -0.4 is 9.47 Å². The van der Waals surface area contributed by atoms with E-state index in [-0.39, 0.29) is 6.61 Å². The van der Waals surface area contributed by atoms with Gasteiger partial charge in [0, 0.05) is 0 Å². The fourth-order valence-electron chi connectivity index (χ4n) is 1.32. The Kier molecular flexibility index (Phi) is 6.11. The molecule has 0 spiro atoms. The highest BCUT2D eigenvalue weighted by Crippen LogP contribution is 2.28. The summed E-state index contributed by atoms with van der Waals surface area (Å²) in [6.07, 6.45) is 3.08. The molecule has 0 aromatic heterocycles. The molecule has 0 aliphatic heterocycles. The van der Waals surface area contributed by atoms with E-state index in [1.165, 1.54) is 0 Å². The van der Waals surface area contributed by atoms with Crippen LogP contribution in [0.15, 0.2) is 18.2 Å². The summed E-state index contributed by atoms with van der Waals surface area (Å²) in [6, 6.07) is 5.46. The molecule has 0 fully saturated rings. The van der Waals surface area contributed by atoms with Crippen LogP contribution in [0.4, 0.5) is 0 Å². The Morgan fingerprint density at radius 2 is 2.12 bits per heavy atom. The third kappa shape index (κ3) is 3.94. The van der Waals surface area contributed by atoms with E-state index in [9.17, 15) is 0 Å². The number of methoxy groups -OCH3 is 1. The van der Waals surface area contributed by atoms with Crippen molar-refractivity contribution in [3.05, 3.63) is 23.8 Å². The number of hydrogen-bond acceptors (Lipinski definition) is 4. The zero-order valence-electron chi connectivity index (χ0n) is 9.73. The molecule has 0 unspecified atom stereocenters. The average molecular weight is 242 g/mol. The van der Waals surface area contributed by atoms with E-state index in [2.05, 4.69) is 6.26 Å². The zero-order chi connectivity index (χ0) is 11.8. The lowest BCUT2D eigenvalue weighted by molar-refractivity contribution is 0.275. The highest BCUT2D eigenvalue weighted by Gasteiger charge is 2.05. The van der Waals surface area contributed by atoms with Crippen LogP contribution in [0, 0.1) is 0 Å². The molecule has 3 nitrogen and oxygen atoms in total. The van der Waals surface area contributed by atoms with Crippen molar-refractivity contribution in [3.8, 4) is 11.5 Å². The Labute approximate surface area is 101 Å². The van der Waals surface area contributed by atoms with E-state index in [0.717, 1.165) is 17.7 Å². The van der Waals surface area contributed by atoms with Gasteiger partial charge in [0.05, 0.1) is 20.3 Å². The number of aliphatic hydroxyl groups excluding tert-OH is 1. The van der Waals surface area contributed by atoms with Gasteiger partial charge in [0.1, 0.15) is 0 Å². The quantitative estimate of drug-likeness (QED) is 0.745. The normalized spacial score (nSPS) is 10.2. The molecule has 90 valence electrons. The predicted molar refractivity (Wildman–Crippen MR) is 67.4 cm³/mol. The molecule has 0 aliphatic rings. The highest BCUT2D eigenvalue weighted by molar-refractivity contribution is 7.98. The van der Waals surface area contributed by atoms with Crippen LogP contribution in [-0.2, 0) is 6.61 Å². The first-order valence-electron chi connectivity index (χ1n) is 5.21. The van der Waals surface area contributed by atoms with Gasteiger partial charge in [-0.05, 0) is 36.1 Å². The summed E-state index contributed by atoms with van der Waals surface area (Å²) in [4.78, 5) is 0. The van der Waals surface area contributed by atoms with Crippen molar-refractivity contribution in [1.82, 2.24) is 0 Å². The first kappa shape index (κ1) is 13.2. The van der Waals surface area contributed by atoms with Gasteiger partial charge in [-0.25, -0.2) is 0 Å². The summed E-state index contributed by atoms with van der Waals surface area (Å²) in [5.74, 6) is 2.50. The maximum atomic E-state index is 9.04. The second-order valence-electron chi connectivity index (χ2n) is 3.34. The largest absolute Gasteiger partial charge is 0.493 e. The summed E-state index contributed by atoms with van der Waals surface area (Å²) < 4.78 is 10.8. The molecule has 16 heavy (non-hydrogen) atoms. The van der Waals surface area contributed by atoms with E-state index >= 15 is 0 Å². The topological polar surface area (TPSA) is 38.7 Å². The van der Waals surface area contributed by atoms with E-state index in [0.29, 0.717) is 18.1 Å².